The molecule has 2 fully saturated rings. The third-order valence-corrected chi connectivity index (χ3v) is 7.93. The summed E-state index contributed by atoms with van der Waals surface area (Å²) in [7, 11) is -3.61. The van der Waals surface area contributed by atoms with E-state index in [1.165, 1.54) is 24.9 Å². The number of likely N-dealkylation sites (tertiary alicyclic amines) is 1. The first-order valence-electron chi connectivity index (χ1n) is 11.4. The number of hydrogen-bond donors (Lipinski definition) is 2. The fourth-order valence-corrected chi connectivity index (χ4v) is 5.43. The molecular weight excluding hydrogens is 424 g/mol. The van der Waals surface area contributed by atoms with Crippen molar-refractivity contribution in [3.8, 4) is 11.1 Å². The molecule has 2 aromatic carbocycles. The molecule has 1 atom stereocenters. The highest BCUT2D eigenvalue weighted by Gasteiger charge is 2.21. The molecule has 2 heterocycles. The molecule has 4 rings (SSSR count). The number of benzene rings is 2. The highest BCUT2D eigenvalue weighted by Crippen LogP contribution is 2.23. The largest absolute Gasteiger partial charge is 0.336 e. The van der Waals surface area contributed by atoms with Crippen molar-refractivity contribution in [3.05, 3.63) is 54.1 Å². The molecule has 8 heteroatoms. The highest BCUT2D eigenvalue weighted by atomic mass is 32.2. The van der Waals surface area contributed by atoms with Crippen LogP contribution < -0.4 is 10.0 Å². The van der Waals surface area contributed by atoms with Crippen LogP contribution in [-0.4, -0.2) is 69.6 Å². The van der Waals surface area contributed by atoms with Gasteiger partial charge in [0.2, 0.25) is 10.0 Å². The van der Waals surface area contributed by atoms with Crippen LogP contribution in [0.3, 0.4) is 0 Å². The zero-order valence-electron chi connectivity index (χ0n) is 18.6. The van der Waals surface area contributed by atoms with E-state index in [1.54, 1.807) is 17.0 Å². The number of sulfonamides is 1. The third kappa shape index (κ3) is 5.49. The normalized spacial score (nSPS) is 19.5. The van der Waals surface area contributed by atoms with Gasteiger partial charge < -0.3 is 15.1 Å². The predicted molar refractivity (Wildman–Crippen MR) is 126 cm³/mol. The minimum atomic E-state index is -3.61. The van der Waals surface area contributed by atoms with Crippen molar-refractivity contribution >= 4 is 16.1 Å². The number of urea groups is 1. The monoisotopic (exact) mass is 456 g/mol. The second-order valence-electron chi connectivity index (χ2n) is 8.62. The minimum absolute atomic E-state index is 0.148. The summed E-state index contributed by atoms with van der Waals surface area (Å²) < 4.78 is 27.7. The van der Waals surface area contributed by atoms with Gasteiger partial charge in [-0.3, -0.25) is 0 Å². The maximum atomic E-state index is 12.5. The predicted octanol–water partition coefficient (Wildman–Crippen LogP) is 2.68. The Labute approximate surface area is 190 Å². The third-order valence-electron chi connectivity index (χ3n) is 6.45. The van der Waals surface area contributed by atoms with Gasteiger partial charge in [0.1, 0.15) is 0 Å². The van der Waals surface area contributed by atoms with E-state index in [9.17, 15) is 13.2 Å². The van der Waals surface area contributed by atoms with Crippen LogP contribution in [0.25, 0.3) is 11.1 Å². The summed E-state index contributed by atoms with van der Waals surface area (Å²) in [5, 5.41) is 2.70. The lowest BCUT2D eigenvalue weighted by Gasteiger charge is -2.20. The smallest absolute Gasteiger partial charge is 0.317 e. The van der Waals surface area contributed by atoms with E-state index in [0.29, 0.717) is 25.7 Å². The zero-order chi connectivity index (χ0) is 22.6. The first-order chi connectivity index (χ1) is 15.4. The molecule has 172 valence electrons. The summed E-state index contributed by atoms with van der Waals surface area (Å²) in [6.45, 7) is 6.36. The van der Waals surface area contributed by atoms with Crippen molar-refractivity contribution in [1.82, 2.24) is 19.8 Å². The maximum Gasteiger partial charge on any atom is 0.317 e. The van der Waals surface area contributed by atoms with Gasteiger partial charge in [0.25, 0.3) is 0 Å². The van der Waals surface area contributed by atoms with Crippen LogP contribution >= 0.6 is 0 Å². The van der Waals surface area contributed by atoms with E-state index >= 15 is 0 Å². The molecule has 32 heavy (non-hydrogen) atoms. The van der Waals surface area contributed by atoms with E-state index in [-0.39, 0.29) is 17.5 Å². The Hall–Kier alpha value is -2.42. The first-order valence-corrected chi connectivity index (χ1v) is 12.9. The van der Waals surface area contributed by atoms with E-state index in [0.717, 1.165) is 24.1 Å². The van der Waals surface area contributed by atoms with Gasteiger partial charge in [-0.25, -0.2) is 17.9 Å². The fraction of sp³-hybridized carbons (Fsp3) is 0.458. The number of amides is 2. The number of nitrogens with one attached hydrogen (secondary N) is 2. The van der Waals surface area contributed by atoms with Crippen LogP contribution in [0, 0.1) is 0 Å². The lowest BCUT2D eigenvalue weighted by molar-refractivity contribution is 0.218. The standard InChI is InChI=1S/C24H32N4O3S/c1-19-3-2-15-27(19)16-12-20-4-6-21(7-5-20)22-8-10-23(11-9-22)32(30,31)26-14-18-28-17-13-25-24(28)29/h4-11,19,26H,2-3,12-18H2,1H3,(H,25,29)/t19-/m1/s1. The number of carbonyl (C=O) groups is 1. The molecule has 0 saturated carbocycles. The Bertz CT molecular complexity index is 1020. The van der Waals surface area contributed by atoms with Gasteiger partial charge in [-0.2, -0.15) is 0 Å². The Morgan fingerprint density at radius 3 is 2.28 bits per heavy atom. The molecule has 2 N–H and O–H groups in total. The zero-order valence-corrected chi connectivity index (χ0v) is 19.4. The van der Waals surface area contributed by atoms with E-state index in [2.05, 4.69) is 46.1 Å². The summed E-state index contributed by atoms with van der Waals surface area (Å²) in [4.78, 5) is 15.9. The molecule has 2 saturated heterocycles. The number of hydrogen-bond acceptors (Lipinski definition) is 4. The second kappa shape index (κ2) is 10.0. The summed E-state index contributed by atoms with van der Waals surface area (Å²) in [5.41, 5.74) is 3.38. The van der Waals surface area contributed by atoms with Crippen LogP contribution in [0.2, 0.25) is 0 Å². The molecule has 0 unspecified atom stereocenters. The average molecular weight is 457 g/mol. The molecule has 2 aromatic rings. The van der Waals surface area contributed by atoms with E-state index in [4.69, 9.17) is 0 Å². The van der Waals surface area contributed by atoms with E-state index in [1.807, 2.05) is 12.1 Å². The number of rotatable bonds is 9. The molecule has 2 aliphatic heterocycles. The van der Waals surface area contributed by atoms with Gasteiger partial charge in [-0.15, -0.1) is 0 Å². The Morgan fingerprint density at radius 1 is 1.00 bits per heavy atom. The van der Waals surface area contributed by atoms with Crippen molar-refractivity contribution < 1.29 is 13.2 Å². The van der Waals surface area contributed by atoms with Crippen LogP contribution in [0.1, 0.15) is 25.3 Å². The number of carbonyl (C=O) groups excluding carboxylic acids is 1. The van der Waals surface area contributed by atoms with Crippen molar-refractivity contribution in [3.63, 3.8) is 0 Å². The molecular formula is C24H32N4O3S. The van der Waals surface area contributed by atoms with Gasteiger partial charge in [0, 0.05) is 38.8 Å². The Balaban J connectivity index is 1.31. The van der Waals surface area contributed by atoms with Gasteiger partial charge >= 0.3 is 6.03 Å². The molecule has 0 radical (unpaired) electrons. The van der Waals surface area contributed by atoms with Gasteiger partial charge in [-0.05, 0) is 61.6 Å². The SMILES string of the molecule is C[C@@H]1CCCN1CCc1ccc(-c2ccc(S(=O)(=O)NCCN3CCNC3=O)cc2)cc1. The summed E-state index contributed by atoms with van der Waals surface area (Å²) >= 11 is 0. The van der Waals surface area contributed by atoms with Crippen LogP contribution in [0.15, 0.2) is 53.4 Å². The highest BCUT2D eigenvalue weighted by molar-refractivity contribution is 7.89. The summed E-state index contributed by atoms with van der Waals surface area (Å²) in [6.07, 6.45) is 3.65. The molecule has 2 amide bonds. The van der Waals surface area contributed by atoms with Crippen LogP contribution in [0.4, 0.5) is 4.79 Å². The first kappa shape index (κ1) is 22.8. The molecule has 7 nitrogen and oxygen atoms in total. The van der Waals surface area contributed by atoms with Crippen molar-refractivity contribution in [2.75, 3.05) is 39.3 Å². The average Bonchev–Trinajstić information content (AvgIpc) is 3.40. The van der Waals surface area contributed by atoms with Gasteiger partial charge in [0.05, 0.1) is 4.90 Å². The second-order valence-corrected chi connectivity index (χ2v) is 10.4. The van der Waals surface area contributed by atoms with Gasteiger partial charge in [0.15, 0.2) is 0 Å². The Kier molecular flexibility index (Phi) is 7.13. The van der Waals surface area contributed by atoms with Crippen molar-refractivity contribution in [2.24, 2.45) is 0 Å². The summed E-state index contributed by atoms with van der Waals surface area (Å²) in [6, 6.07) is 16.0. The lowest BCUT2D eigenvalue weighted by atomic mass is 10.0. The van der Waals surface area contributed by atoms with Crippen LogP contribution in [-0.2, 0) is 16.4 Å². The topological polar surface area (TPSA) is 81.8 Å². The quantitative estimate of drug-likeness (QED) is 0.608. The van der Waals surface area contributed by atoms with E-state index < -0.39 is 10.0 Å². The molecule has 0 spiro atoms. The van der Waals surface area contributed by atoms with Crippen molar-refractivity contribution in [2.45, 2.75) is 37.1 Å². The molecule has 0 bridgehead atoms. The van der Waals surface area contributed by atoms with Gasteiger partial charge in [-0.1, -0.05) is 36.4 Å². The lowest BCUT2D eigenvalue weighted by Crippen LogP contribution is -2.36. The maximum absolute atomic E-state index is 12.5. The molecule has 0 aromatic heterocycles. The fourth-order valence-electron chi connectivity index (χ4n) is 4.41. The minimum Gasteiger partial charge on any atom is -0.336 e. The van der Waals surface area contributed by atoms with Crippen LogP contribution in [0.5, 0.6) is 0 Å². The number of nitrogens with zero attached hydrogens (tertiary/aromatic N) is 2. The summed E-state index contributed by atoms with van der Waals surface area (Å²) in [5.74, 6) is 0. The molecule has 0 aliphatic carbocycles. The van der Waals surface area contributed by atoms with Crippen molar-refractivity contribution in [1.29, 1.82) is 0 Å². The molecule has 2 aliphatic rings. The Morgan fingerprint density at radius 2 is 1.69 bits per heavy atom.